The molecule has 0 aromatic heterocycles. The first-order valence-electron chi connectivity index (χ1n) is 12.5. The lowest BCUT2D eigenvalue weighted by Gasteiger charge is -2.33. The molecule has 10 nitrogen and oxygen atoms in total. The number of halogens is 1. The first-order chi connectivity index (χ1) is 17.9. The molecule has 0 saturated heterocycles. The van der Waals surface area contributed by atoms with Crippen molar-refractivity contribution in [2.75, 3.05) is 17.1 Å². The number of anilines is 1. The second kappa shape index (κ2) is 12.3. The number of nitro benzene ring substituents is 1. The van der Waals surface area contributed by atoms with Gasteiger partial charge in [0.25, 0.3) is 5.69 Å². The van der Waals surface area contributed by atoms with Gasteiger partial charge in [0.2, 0.25) is 21.8 Å². The summed E-state index contributed by atoms with van der Waals surface area (Å²) < 4.78 is 39.9. The summed E-state index contributed by atoms with van der Waals surface area (Å²) in [5.41, 5.74) is 0.659. The molecular weight excluding hydrogens is 515 g/mol. The zero-order chi connectivity index (χ0) is 28.0. The van der Waals surface area contributed by atoms with Gasteiger partial charge in [0, 0.05) is 24.7 Å². The maximum atomic E-state index is 13.7. The van der Waals surface area contributed by atoms with E-state index in [9.17, 15) is 32.5 Å². The van der Waals surface area contributed by atoms with E-state index in [1.54, 1.807) is 13.8 Å². The number of nitrogens with one attached hydrogen (secondary N) is 1. The van der Waals surface area contributed by atoms with Crippen LogP contribution in [0.3, 0.4) is 0 Å². The van der Waals surface area contributed by atoms with Gasteiger partial charge in [-0.25, -0.2) is 12.8 Å². The Balaban J connectivity index is 1.97. The molecule has 1 saturated carbocycles. The highest BCUT2D eigenvalue weighted by molar-refractivity contribution is 7.92. The minimum absolute atomic E-state index is 0.000220. The summed E-state index contributed by atoms with van der Waals surface area (Å²) in [4.78, 5) is 39.0. The van der Waals surface area contributed by atoms with E-state index in [0.717, 1.165) is 42.3 Å². The van der Waals surface area contributed by atoms with Crippen LogP contribution in [0.15, 0.2) is 42.5 Å². The molecule has 206 valence electrons. The van der Waals surface area contributed by atoms with Gasteiger partial charge in [-0.1, -0.05) is 38.0 Å². The molecule has 1 atom stereocenters. The number of hydrogen-bond acceptors (Lipinski definition) is 6. The number of nitrogens with zero attached hydrogens (tertiary/aromatic N) is 3. The molecule has 0 radical (unpaired) electrons. The zero-order valence-corrected chi connectivity index (χ0v) is 22.5. The third-order valence-corrected chi connectivity index (χ3v) is 7.83. The van der Waals surface area contributed by atoms with Gasteiger partial charge in [-0.2, -0.15) is 0 Å². The number of carbonyl (C=O) groups is 2. The van der Waals surface area contributed by atoms with E-state index in [0.29, 0.717) is 11.1 Å². The van der Waals surface area contributed by atoms with Crippen LogP contribution >= 0.6 is 0 Å². The van der Waals surface area contributed by atoms with E-state index >= 15 is 0 Å². The Hall–Kier alpha value is -3.54. The van der Waals surface area contributed by atoms with Gasteiger partial charge in [0.05, 0.1) is 16.9 Å². The Morgan fingerprint density at radius 1 is 1.16 bits per heavy atom. The summed E-state index contributed by atoms with van der Waals surface area (Å²) in [6.07, 6.45) is 4.88. The standard InChI is InChI=1S/C26H33FN4O6S/c1-4-23(26(33)28-21-7-5-6-8-21)29(16-19-10-12-20(27)13-11-19)25(32)17-30(38(3,36)37)24-15-22(31(34)35)14-9-18(24)2/h9-15,21,23H,4-8,16-17H2,1-3H3,(H,28,33)/t23-/m1/s1. The fraction of sp³-hybridized carbons (Fsp3) is 0.462. The van der Waals surface area contributed by atoms with E-state index < -0.39 is 39.3 Å². The van der Waals surface area contributed by atoms with Crippen LogP contribution in [0.5, 0.6) is 0 Å². The number of hydrogen-bond donors (Lipinski definition) is 1. The highest BCUT2D eigenvalue weighted by Crippen LogP contribution is 2.28. The summed E-state index contributed by atoms with van der Waals surface area (Å²) in [6, 6.07) is 8.36. The Morgan fingerprint density at radius 3 is 2.34 bits per heavy atom. The van der Waals surface area contributed by atoms with Crippen molar-refractivity contribution in [3.63, 3.8) is 0 Å². The molecule has 3 rings (SSSR count). The Labute approximate surface area is 222 Å². The minimum Gasteiger partial charge on any atom is -0.352 e. The number of carbonyl (C=O) groups excluding carboxylic acids is 2. The molecule has 2 amide bonds. The highest BCUT2D eigenvalue weighted by atomic mass is 32.2. The van der Waals surface area contributed by atoms with Gasteiger partial charge in [0.15, 0.2) is 0 Å². The van der Waals surface area contributed by atoms with E-state index in [-0.39, 0.29) is 36.3 Å². The Kier molecular flexibility index (Phi) is 9.42. The van der Waals surface area contributed by atoms with Crippen molar-refractivity contribution >= 4 is 33.2 Å². The summed E-state index contributed by atoms with van der Waals surface area (Å²) >= 11 is 0. The van der Waals surface area contributed by atoms with Crippen LogP contribution < -0.4 is 9.62 Å². The predicted molar refractivity (Wildman–Crippen MR) is 141 cm³/mol. The quantitative estimate of drug-likeness (QED) is 0.337. The number of rotatable bonds is 11. The number of amides is 2. The normalized spacial score (nSPS) is 14.6. The smallest absolute Gasteiger partial charge is 0.271 e. The Morgan fingerprint density at radius 2 is 1.79 bits per heavy atom. The molecule has 1 fully saturated rings. The van der Waals surface area contributed by atoms with Crippen LogP contribution in [0.1, 0.15) is 50.2 Å². The molecule has 1 aliphatic carbocycles. The molecule has 12 heteroatoms. The summed E-state index contributed by atoms with van der Waals surface area (Å²) in [5.74, 6) is -1.46. The molecule has 0 unspecified atom stereocenters. The lowest BCUT2D eigenvalue weighted by molar-refractivity contribution is -0.384. The van der Waals surface area contributed by atoms with Gasteiger partial charge in [-0.15, -0.1) is 0 Å². The molecular formula is C26H33FN4O6S. The highest BCUT2D eigenvalue weighted by Gasteiger charge is 2.33. The lowest BCUT2D eigenvalue weighted by Crippen LogP contribution is -2.53. The van der Waals surface area contributed by atoms with E-state index in [1.165, 1.54) is 41.3 Å². The van der Waals surface area contributed by atoms with Crippen LogP contribution in [0.4, 0.5) is 15.8 Å². The van der Waals surface area contributed by atoms with Gasteiger partial charge < -0.3 is 10.2 Å². The maximum Gasteiger partial charge on any atom is 0.271 e. The average molecular weight is 549 g/mol. The number of benzene rings is 2. The molecule has 1 aliphatic rings. The third-order valence-electron chi connectivity index (χ3n) is 6.71. The van der Waals surface area contributed by atoms with Crippen LogP contribution in [-0.2, 0) is 26.2 Å². The van der Waals surface area contributed by atoms with E-state index in [1.807, 2.05) is 0 Å². The molecule has 2 aromatic carbocycles. The minimum atomic E-state index is -4.05. The number of sulfonamides is 1. The second-order valence-electron chi connectivity index (χ2n) is 9.56. The van der Waals surface area contributed by atoms with Crippen LogP contribution in [-0.4, -0.2) is 54.9 Å². The maximum absolute atomic E-state index is 13.7. The van der Waals surface area contributed by atoms with Crippen molar-refractivity contribution in [3.8, 4) is 0 Å². The van der Waals surface area contributed by atoms with Crippen molar-refractivity contribution in [1.29, 1.82) is 0 Å². The topological polar surface area (TPSA) is 130 Å². The van der Waals surface area contributed by atoms with Gasteiger partial charge >= 0.3 is 0 Å². The average Bonchev–Trinajstić information content (AvgIpc) is 3.36. The second-order valence-corrected chi connectivity index (χ2v) is 11.5. The fourth-order valence-corrected chi connectivity index (χ4v) is 5.55. The largest absolute Gasteiger partial charge is 0.352 e. The van der Waals surface area contributed by atoms with Gasteiger partial charge in [0.1, 0.15) is 18.4 Å². The fourth-order valence-electron chi connectivity index (χ4n) is 4.65. The SMILES string of the molecule is CC[C@H](C(=O)NC1CCCC1)N(Cc1ccc(F)cc1)C(=O)CN(c1cc([N+](=O)[O-])ccc1C)S(C)(=O)=O. The van der Waals surface area contributed by atoms with Gasteiger partial charge in [-0.3, -0.25) is 24.0 Å². The molecule has 0 bridgehead atoms. The lowest BCUT2D eigenvalue weighted by atomic mass is 10.1. The molecule has 0 spiro atoms. The van der Waals surface area contributed by atoms with Crippen molar-refractivity contribution in [1.82, 2.24) is 10.2 Å². The first-order valence-corrected chi connectivity index (χ1v) is 14.3. The predicted octanol–water partition coefficient (Wildman–Crippen LogP) is 3.67. The zero-order valence-electron chi connectivity index (χ0n) is 21.7. The van der Waals surface area contributed by atoms with Crippen molar-refractivity contribution in [2.24, 2.45) is 0 Å². The number of non-ortho nitro benzene ring substituents is 1. The van der Waals surface area contributed by atoms with Crippen LogP contribution in [0, 0.1) is 22.9 Å². The summed E-state index contributed by atoms with van der Waals surface area (Å²) in [7, 11) is -4.05. The summed E-state index contributed by atoms with van der Waals surface area (Å²) in [5, 5.41) is 14.3. The first kappa shape index (κ1) is 29.0. The monoisotopic (exact) mass is 548 g/mol. The summed E-state index contributed by atoms with van der Waals surface area (Å²) in [6.45, 7) is 2.61. The third kappa shape index (κ3) is 7.27. The van der Waals surface area contributed by atoms with Crippen molar-refractivity contribution in [3.05, 3.63) is 69.5 Å². The molecule has 0 aliphatic heterocycles. The number of aryl methyl sites for hydroxylation is 1. The van der Waals surface area contributed by atoms with Crippen LogP contribution in [0.25, 0.3) is 0 Å². The molecule has 1 N–H and O–H groups in total. The van der Waals surface area contributed by atoms with E-state index in [4.69, 9.17) is 0 Å². The van der Waals surface area contributed by atoms with E-state index in [2.05, 4.69) is 5.32 Å². The Bertz CT molecular complexity index is 1280. The molecule has 2 aromatic rings. The molecule has 0 heterocycles. The molecule has 38 heavy (non-hydrogen) atoms. The van der Waals surface area contributed by atoms with Gasteiger partial charge in [-0.05, 0) is 49.4 Å². The van der Waals surface area contributed by atoms with Crippen molar-refractivity contribution in [2.45, 2.75) is 64.6 Å². The van der Waals surface area contributed by atoms with Crippen molar-refractivity contribution < 1.29 is 27.3 Å². The number of nitro groups is 1. The van der Waals surface area contributed by atoms with Crippen LogP contribution in [0.2, 0.25) is 0 Å².